The van der Waals surface area contributed by atoms with Crippen LogP contribution in [0.1, 0.15) is 31.3 Å². The number of nitrogens with zero attached hydrogens (tertiary/aromatic N) is 4. The molecule has 0 aliphatic heterocycles. The maximum absolute atomic E-state index is 13.1. The zero-order chi connectivity index (χ0) is 21.6. The van der Waals surface area contributed by atoms with Crippen LogP contribution < -0.4 is 10.9 Å². The van der Waals surface area contributed by atoms with Gasteiger partial charge in [-0.05, 0) is 45.4 Å². The molecule has 0 bridgehead atoms. The van der Waals surface area contributed by atoms with Gasteiger partial charge in [0, 0.05) is 18.1 Å². The molecule has 8 nitrogen and oxygen atoms in total. The number of aromatic nitrogens is 4. The van der Waals surface area contributed by atoms with Gasteiger partial charge >= 0.3 is 6.09 Å². The molecule has 0 fully saturated rings. The Hall–Kier alpha value is -3.20. The fourth-order valence-electron chi connectivity index (χ4n) is 3.35. The van der Waals surface area contributed by atoms with Crippen molar-refractivity contribution in [3.05, 3.63) is 51.4 Å². The summed E-state index contributed by atoms with van der Waals surface area (Å²) in [6.07, 6.45) is 1.20. The van der Waals surface area contributed by atoms with Crippen molar-refractivity contribution in [2.24, 2.45) is 7.05 Å². The lowest BCUT2D eigenvalue weighted by Gasteiger charge is -2.19. The van der Waals surface area contributed by atoms with E-state index >= 15 is 0 Å². The van der Waals surface area contributed by atoms with Gasteiger partial charge in [0.1, 0.15) is 11.1 Å². The Morgan fingerprint density at radius 1 is 1.30 bits per heavy atom. The van der Waals surface area contributed by atoms with E-state index in [-0.39, 0.29) is 12.1 Å². The number of hydrogen-bond acceptors (Lipinski definition) is 6. The monoisotopic (exact) mass is 425 g/mol. The van der Waals surface area contributed by atoms with Gasteiger partial charge in [-0.25, -0.2) is 14.5 Å². The van der Waals surface area contributed by atoms with E-state index in [9.17, 15) is 9.59 Å². The predicted molar refractivity (Wildman–Crippen MR) is 118 cm³/mol. The second-order valence-electron chi connectivity index (χ2n) is 8.14. The predicted octanol–water partition coefficient (Wildman–Crippen LogP) is 4.05. The normalized spacial score (nSPS) is 11.9. The van der Waals surface area contributed by atoms with Gasteiger partial charge < -0.3 is 9.30 Å². The van der Waals surface area contributed by atoms with Crippen molar-refractivity contribution in [1.82, 2.24) is 19.3 Å². The quantitative estimate of drug-likeness (QED) is 0.535. The molecular weight excluding hydrogens is 402 g/mol. The van der Waals surface area contributed by atoms with Crippen LogP contribution >= 0.6 is 11.3 Å². The lowest BCUT2D eigenvalue weighted by molar-refractivity contribution is 0.0636. The molecule has 0 unspecified atom stereocenters. The van der Waals surface area contributed by atoms with E-state index in [4.69, 9.17) is 4.74 Å². The van der Waals surface area contributed by atoms with Crippen LogP contribution in [-0.2, 0) is 18.3 Å². The van der Waals surface area contributed by atoms with E-state index in [1.165, 1.54) is 4.68 Å². The number of aryl methyl sites for hydroxylation is 2. The highest BCUT2D eigenvalue weighted by Crippen LogP contribution is 2.30. The molecule has 9 heteroatoms. The zero-order valence-electron chi connectivity index (χ0n) is 17.5. The topological polar surface area (TPSA) is 91.0 Å². The average Bonchev–Trinajstić information content (AvgIpc) is 3.13. The molecule has 0 radical (unpaired) electrons. The minimum Gasteiger partial charge on any atom is -0.444 e. The van der Waals surface area contributed by atoms with Crippen molar-refractivity contribution >= 4 is 44.4 Å². The summed E-state index contributed by atoms with van der Waals surface area (Å²) in [4.78, 5) is 29.6. The van der Waals surface area contributed by atoms with Crippen LogP contribution in [0.15, 0.2) is 35.3 Å². The second kappa shape index (κ2) is 7.24. The summed E-state index contributed by atoms with van der Waals surface area (Å²) >= 11 is 1.56. The Balaban J connectivity index is 1.63. The molecule has 0 spiro atoms. The lowest BCUT2D eigenvalue weighted by Crippen LogP contribution is -2.27. The molecule has 3 heterocycles. The van der Waals surface area contributed by atoms with Gasteiger partial charge in [-0.3, -0.25) is 10.1 Å². The molecule has 4 rings (SSSR count). The van der Waals surface area contributed by atoms with Crippen molar-refractivity contribution in [2.75, 3.05) is 5.32 Å². The molecule has 3 aromatic heterocycles. The van der Waals surface area contributed by atoms with Crippen LogP contribution in [0.3, 0.4) is 0 Å². The Morgan fingerprint density at radius 2 is 2.07 bits per heavy atom. The summed E-state index contributed by atoms with van der Waals surface area (Å²) in [5.74, 6) is 0. The summed E-state index contributed by atoms with van der Waals surface area (Å²) in [7, 11) is 1.85. The van der Waals surface area contributed by atoms with Crippen LogP contribution in [0.5, 0.6) is 0 Å². The first-order chi connectivity index (χ1) is 14.1. The van der Waals surface area contributed by atoms with Crippen molar-refractivity contribution < 1.29 is 9.53 Å². The van der Waals surface area contributed by atoms with E-state index in [0.717, 1.165) is 26.3 Å². The molecule has 0 aliphatic rings. The Morgan fingerprint density at radius 3 is 2.80 bits per heavy atom. The SMILES string of the molecule is Cc1nc2c(s1)c1cnn(Cc3cccc(NC(=O)OC(C)(C)C)c3)c(=O)c1n2C. The number of carbonyl (C=O) groups is 1. The molecule has 1 amide bonds. The van der Waals surface area contributed by atoms with E-state index in [1.54, 1.807) is 29.7 Å². The average molecular weight is 426 g/mol. The third-order valence-corrected chi connectivity index (χ3v) is 5.53. The lowest BCUT2D eigenvalue weighted by atomic mass is 10.2. The van der Waals surface area contributed by atoms with Gasteiger partial charge in [-0.15, -0.1) is 11.3 Å². The number of carbonyl (C=O) groups excluding carboxylic acids is 1. The van der Waals surface area contributed by atoms with Crippen LogP contribution in [0.25, 0.3) is 21.3 Å². The molecule has 156 valence electrons. The van der Waals surface area contributed by atoms with E-state index < -0.39 is 11.7 Å². The third kappa shape index (κ3) is 3.80. The maximum atomic E-state index is 13.1. The van der Waals surface area contributed by atoms with Crippen molar-refractivity contribution in [1.29, 1.82) is 0 Å². The molecular formula is C21H23N5O3S. The van der Waals surface area contributed by atoms with E-state index in [1.807, 2.05) is 51.4 Å². The van der Waals surface area contributed by atoms with E-state index in [0.29, 0.717) is 11.2 Å². The number of fused-ring (bicyclic) bond motifs is 3. The number of rotatable bonds is 3. The first-order valence-corrected chi connectivity index (χ1v) is 10.3. The van der Waals surface area contributed by atoms with Gasteiger partial charge in [0.25, 0.3) is 5.56 Å². The van der Waals surface area contributed by atoms with Gasteiger partial charge in [0.15, 0.2) is 5.65 Å². The minimum atomic E-state index is -0.579. The van der Waals surface area contributed by atoms with Gasteiger partial charge in [0.2, 0.25) is 0 Å². The molecule has 30 heavy (non-hydrogen) atoms. The number of anilines is 1. The Labute approximate surface area is 177 Å². The van der Waals surface area contributed by atoms with Crippen LogP contribution in [0.2, 0.25) is 0 Å². The standard InChI is InChI=1S/C21H23N5O3S/c1-12-23-18-17(30-12)15-10-22-26(19(27)16(15)25(18)5)11-13-7-6-8-14(9-13)24-20(28)29-21(2,3)4/h6-10H,11H2,1-5H3,(H,24,28). The smallest absolute Gasteiger partial charge is 0.412 e. The fraction of sp³-hybridized carbons (Fsp3) is 0.333. The summed E-state index contributed by atoms with van der Waals surface area (Å²) in [5.41, 5.74) is 2.06. The number of ether oxygens (including phenoxy) is 1. The van der Waals surface area contributed by atoms with Crippen molar-refractivity contribution in [3.8, 4) is 0 Å². The number of thiazole rings is 1. The third-order valence-electron chi connectivity index (χ3n) is 4.54. The second-order valence-corrected chi connectivity index (χ2v) is 9.34. The largest absolute Gasteiger partial charge is 0.444 e. The molecule has 1 aromatic carbocycles. The minimum absolute atomic E-state index is 0.177. The van der Waals surface area contributed by atoms with Crippen molar-refractivity contribution in [3.63, 3.8) is 0 Å². The van der Waals surface area contributed by atoms with Gasteiger partial charge in [-0.2, -0.15) is 5.10 Å². The van der Waals surface area contributed by atoms with E-state index in [2.05, 4.69) is 15.4 Å². The number of nitrogens with one attached hydrogen (secondary N) is 1. The number of amides is 1. The molecule has 0 saturated carbocycles. The summed E-state index contributed by atoms with van der Waals surface area (Å²) in [6, 6.07) is 7.27. The first-order valence-electron chi connectivity index (χ1n) is 9.53. The van der Waals surface area contributed by atoms with Crippen LogP contribution in [0.4, 0.5) is 10.5 Å². The first kappa shape index (κ1) is 20.1. The van der Waals surface area contributed by atoms with Crippen LogP contribution in [0, 0.1) is 6.92 Å². The molecule has 0 aliphatic carbocycles. The zero-order valence-corrected chi connectivity index (χ0v) is 18.3. The van der Waals surface area contributed by atoms with Crippen molar-refractivity contribution in [2.45, 2.75) is 39.8 Å². The molecule has 0 saturated heterocycles. The summed E-state index contributed by atoms with van der Waals surface area (Å²) in [6.45, 7) is 7.65. The fourth-order valence-corrected chi connectivity index (χ4v) is 4.31. The Kier molecular flexibility index (Phi) is 4.85. The van der Waals surface area contributed by atoms with Crippen LogP contribution in [-0.4, -0.2) is 31.0 Å². The summed E-state index contributed by atoms with van der Waals surface area (Å²) < 4.78 is 9.51. The molecule has 4 aromatic rings. The van der Waals surface area contributed by atoms with Gasteiger partial charge in [-0.1, -0.05) is 12.1 Å². The highest BCUT2D eigenvalue weighted by molar-refractivity contribution is 7.19. The maximum Gasteiger partial charge on any atom is 0.412 e. The number of benzene rings is 1. The highest BCUT2D eigenvalue weighted by Gasteiger charge is 2.18. The van der Waals surface area contributed by atoms with Gasteiger partial charge in [0.05, 0.1) is 22.4 Å². The Bertz CT molecular complexity index is 1330. The number of hydrogen-bond donors (Lipinski definition) is 1. The summed E-state index contributed by atoms with van der Waals surface area (Å²) in [5, 5.41) is 8.86. The molecule has 0 atom stereocenters. The molecule has 1 N–H and O–H groups in total. The highest BCUT2D eigenvalue weighted by atomic mass is 32.1.